The first-order valence-electron chi connectivity index (χ1n) is 7.42. The molecule has 0 bridgehead atoms. The summed E-state index contributed by atoms with van der Waals surface area (Å²) in [6, 6.07) is 20.9. The van der Waals surface area contributed by atoms with Gasteiger partial charge in [-0.15, -0.1) is 0 Å². The lowest BCUT2D eigenvalue weighted by molar-refractivity contribution is 0.262. The Bertz CT molecular complexity index is 781. The van der Waals surface area contributed by atoms with Crippen molar-refractivity contribution in [3.8, 4) is 0 Å². The zero-order chi connectivity index (χ0) is 16.1. The number of nitrogens with one attached hydrogen (secondary N) is 2. The molecule has 0 aliphatic heterocycles. The minimum Gasteiger partial charge on any atom is -0.308 e. The first-order chi connectivity index (χ1) is 11.2. The third-order valence-electron chi connectivity index (χ3n) is 3.35. The van der Waals surface area contributed by atoms with Crippen molar-refractivity contribution in [3.05, 3.63) is 78.0 Å². The topological polar surface area (TPSA) is 59.0 Å². The van der Waals surface area contributed by atoms with Gasteiger partial charge in [-0.2, -0.15) is 5.10 Å². The maximum Gasteiger partial charge on any atom is 0.324 e. The maximum absolute atomic E-state index is 12.1. The summed E-state index contributed by atoms with van der Waals surface area (Å²) < 4.78 is 1.79. The molecule has 3 aromatic rings. The van der Waals surface area contributed by atoms with Gasteiger partial charge in [-0.25, -0.2) is 9.48 Å². The third-order valence-corrected chi connectivity index (χ3v) is 3.35. The van der Waals surface area contributed by atoms with Crippen LogP contribution < -0.4 is 10.6 Å². The fourth-order valence-electron chi connectivity index (χ4n) is 2.32. The van der Waals surface area contributed by atoms with E-state index in [1.807, 2.05) is 73.7 Å². The van der Waals surface area contributed by atoms with Crippen molar-refractivity contribution >= 4 is 17.5 Å². The van der Waals surface area contributed by atoms with Gasteiger partial charge in [0, 0.05) is 11.8 Å². The lowest BCUT2D eigenvalue weighted by Crippen LogP contribution is -2.21. The molecule has 0 fully saturated rings. The van der Waals surface area contributed by atoms with E-state index in [1.165, 1.54) is 0 Å². The highest BCUT2D eigenvalue weighted by Crippen LogP contribution is 2.14. The Balaban J connectivity index is 1.71. The van der Waals surface area contributed by atoms with Gasteiger partial charge in [-0.1, -0.05) is 48.5 Å². The van der Waals surface area contributed by atoms with Crippen LogP contribution in [0.3, 0.4) is 0 Å². The fraction of sp³-hybridized carbons (Fsp3) is 0.111. The molecule has 5 nitrogen and oxygen atoms in total. The Morgan fingerprint density at radius 1 is 1.00 bits per heavy atom. The number of benzene rings is 2. The summed E-state index contributed by atoms with van der Waals surface area (Å²) in [6.45, 7) is 2.51. The molecule has 23 heavy (non-hydrogen) atoms. The molecule has 0 spiro atoms. The number of carbonyl (C=O) groups excluding carboxylic acids is 1. The van der Waals surface area contributed by atoms with E-state index in [4.69, 9.17) is 0 Å². The number of carbonyl (C=O) groups is 1. The van der Waals surface area contributed by atoms with Crippen molar-refractivity contribution in [2.45, 2.75) is 13.5 Å². The van der Waals surface area contributed by atoms with E-state index in [9.17, 15) is 4.79 Å². The van der Waals surface area contributed by atoms with E-state index < -0.39 is 0 Å². The number of para-hydroxylation sites is 1. The van der Waals surface area contributed by atoms with Crippen LogP contribution in [0.1, 0.15) is 11.3 Å². The smallest absolute Gasteiger partial charge is 0.308 e. The van der Waals surface area contributed by atoms with Gasteiger partial charge in [0.15, 0.2) is 0 Å². The molecule has 0 atom stereocenters. The van der Waals surface area contributed by atoms with Crippen LogP contribution in [0.4, 0.5) is 16.3 Å². The molecule has 1 aromatic heterocycles. The van der Waals surface area contributed by atoms with Crippen LogP contribution in [0.2, 0.25) is 0 Å². The number of aromatic nitrogens is 2. The van der Waals surface area contributed by atoms with E-state index in [1.54, 1.807) is 4.68 Å². The van der Waals surface area contributed by atoms with E-state index in [0.29, 0.717) is 12.4 Å². The normalized spacial score (nSPS) is 10.3. The fourth-order valence-corrected chi connectivity index (χ4v) is 2.32. The predicted molar refractivity (Wildman–Crippen MR) is 91.6 cm³/mol. The van der Waals surface area contributed by atoms with Crippen molar-refractivity contribution < 1.29 is 4.79 Å². The van der Waals surface area contributed by atoms with Gasteiger partial charge in [-0.3, -0.25) is 5.32 Å². The van der Waals surface area contributed by atoms with Crippen LogP contribution in [-0.4, -0.2) is 15.8 Å². The summed E-state index contributed by atoms with van der Waals surface area (Å²) in [6.07, 6.45) is 0. The summed E-state index contributed by atoms with van der Waals surface area (Å²) in [7, 11) is 0. The number of hydrogen-bond donors (Lipinski definition) is 2. The molecule has 2 amide bonds. The second kappa shape index (κ2) is 6.79. The number of urea groups is 1. The third kappa shape index (κ3) is 3.97. The molecule has 0 aliphatic rings. The first-order valence-corrected chi connectivity index (χ1v) is 7.42. The van der Waals surface area contributed by atoms with Gasteiger partial charge in [-0.05, 0) is 24.6 Å². The van der Waals surface area contributed by atoms with Gasteiger partial charge in [0.1, 0.15) is 5.82 Å². The molecule has 0 radical (unpaired) electrons. The molecule has 0 aliphatic carbocycles. The molecule has 2 aromatic carbocycles. The molecule has 5 heteroatoms. The van der Waals surface area contributed by atoms with Crippen molar-refractivity contribution in [2.24, 2.45) is 0 Å². The van der Waals surface area contributed by atoms with Gasteiger partial charge in [0.2, 0.25) is 0 Å². The largest absolute Gasteiger partial charge is 0.324 e. The molecular formula is C18H18N4O. The molecular weight excluding hydrogens is 288 g/mol. The minimum absolute atomic E-state index is 0.287. The summed E-state index contributed by atoms with van der Waals surface area (Å²) >= 11 is 0. The van der Waals surface area contributed by atoms with Crippen LogP contribution >= 0.6 is 0 Å². The number of nitrogens with zero attached hydrogens (tertiary/aromatic N) is 2. The second-order valence-corrected chi connectivity index (χ2v) is 5.26. The average Bonchev–Trinajstić information content (AvgIpc) is 2.88. The minimum atomic E-state index is -0.287. The summed E-state index contributed by atoms with van der Waals surface area (Å²) in [5.41, 5.74) is 2.73. The zero-order valence-electron chi connectivity index (χ0n) is 12.9. The van der Waals surface area contributed by atoms with Crippen LogP contribution in [-0.2, 0) is 6.54 Å². The lowest BCUT2D eigenvalue weighted by atomic mass is 10.2. The highest BCUT2D eigenvalue weighted by Gasteiger charge is 2.09. The van der Waals surface area contributed by atoms with Crippen molar-refractivity contribution in [1.82, 2.24) is 9.78 Å². The Morgan fingerprint density at radius 2 is 1.65 bits per heavy atom. The zero-order valence-corrected chi connectivity index (χ0v) is 12.9. The van der Waals surface area contributed by atoms with Gasteiger partial charge in [0.25, 0.3) is 0 Å². The number of anilines is 2. The van der Waals surface area contributed by atoms with E-state index in [2.05, 4.69) is 15.7 Å². The van der Waals surface area contributed by atoms with Crippen molar-refractivity contribution in [2.75, 3.05) is 10.6 Å². The van der Waals surface area contributed by atoms with Crippen molar-refractivity contribution in [3.63, 3.8) is 0 Å². The quantitative estimate of drug-likeness (QED) is 0.768. The Kier molecular flexibility index (Phi) is 4.38. The van der Waals surface area contributed by atoms with Crippen LogP contribution in [0, 0.1) is 6.92 Å². The van der Waals surface area contributed by atoms with Crippen LogP contribution in [0.15, 0.2) is 66.7 Å². The standard InChI is InChI=1S/C18H18N4O/c1-14-12-17(20-18(23)19-16-10-6-3-7-11-16)22(21-14)13-15-8-4-2-5-9-15/h2-12H,13H2,1H3,(H2,19,20,23). The van der Waals surface area contributed by atoms with Crippen LogP contribution in [0.5, 0.6) is 0 Å². The molecule has 3 rings (SSSR count). The molecule has 0 saturated carbocycles. The SMILES string of the molecule is Cc1cc(NC(=O)Nc2ccccc2)n(Cc2ccccc2)n1. The van der Waals surface area contributed by atoms with Crippen LogP contribution in [0.25, 0.3) is 0 Å². The lowest BCUT2D eigenvalue weighted by Gasteiger charge is -2.10. The number of hydrogen-bond acceptors (Lipinski definition) is 2. The highest BCUT2D eigenvalue weighted by molar-refractivity contribution is 5.99. The van der Waals surface area contributed by atoms with Gasteiger partial charge >= 0.3 is 6.03 Å². The Labute approximate surface area is 135 Å². The van der Waals surface area contributed by atoms with Gasteiger partial charge in [0.05, 0.1) is 12.2 Å². The summed E-state index contributed by atoms with van der Waals surface area (Å²) in [4.78, 5) is 12.1. The Hall–Kier alpha value is -3.08. The number of rotatable bonds is 4. The molecule has 116 valence electrons. The highest BCUT2D eigenvalue weighted by atomic mass is 16.2. The van der Waals surface area contributed by atoms with Gasteiger partial charge < -0.3 is 5.32 Å². The molecule has 1 heterocycles. The van der Waals surface area contributed by atoms with E-state index in [-0.39, 0.29) is 6.03 Å². The van der Waals surface area contributed by atoms with E-state index in [0.717, 1.165) is 16.9 Å². The summed E-state index contributed by atoms with van der Waals surface area (Å²) in [5, 5.41) is 10.1. The van der Waals surface area contributed by atoms with Crippen molar-refractivity contribution in [1.29, 1.82) is 0 Å². The average molecular weight is 306 g/mol. The number of amides is 2. The molecule has 2 N–H and O–H groups in total. The Morgan fingerprint density at radius 3 is 2.35 bits per heavy atom. The van der Waals surface area contributed by atoms with E-state index >= 15 is 0 Å². The number of aryl methyl sites for hydroxylation is 1. The maximum atomic E-state index is 12.1. The predicted octanol–water partition coefficient (Wildman–Crippen LogP) is 3.88. The second-order valence-electron chi connectivity index (χ2n) is 5.26. The first kappa shape index (κ1) is 14.8. The monoisotopic (exact) mass is 306 g/mol. The molecule has 0 saturated heterocycles. The molecule has 0 unspecified atom stereocenters. The summed E-state index contributed by atoms with van der Waals surface area (Å²) in [5.74, 6) is 0.666.